The molecule has 1 rings (SSSR count). The van der Waals surface area contributed by atoms with Crippen molar-refractivity contribution in [1.29, 1.82) is 0 Å². The Morgan fingerprint density at radius 3 is 2.47 bits per heavy atom. The number of unbranched alkanes of at least 4 members (excludes halogenated alkanes) is 4. The van der Waals surface area contributed by atoms with Gasteiger partial charge in [0.1, 0.15) is 5.78 Å². The maximum absolute atomic E-state index is 12.5. The van der Waals surface area contributed by atoms with Gasteiger partial charge in [-0.2, -0.15) is 0 Å². The summed E-state index contributed by atoms with van der Waals surface area (Å²) in [5, 5.41) is 8.95. The van der Waals surface area contributed by atoms with Crippen LogP contribution in [-0.2, 0) is 23.9 Å². The summed E-state index contributed by atoms with van der Waals surface area (Å²) in [5.41, 5.74) is 1.37. The zero-order valence-corrected chi connectivity index (χ0v) is 20.6. The molecular formula is C26H44O6. The van der Waals surface area contributed by atoms with Gasteiger partial charge in [-0.3, -0.25) is 9.59 Å². The van der Waals surface area contributed by atoms with Crippen molar-refractivity contribution < 1.29 is 29.0 Å². The minimum atomic E-state index is -1.28. The first-order chi connectivity index (χ1) is 15.3. The van der Waals surface area contributed by atoms with Crippen molar-refractivity contribution in [1.82, 2.24) is 0 Å². The van der Waals surface area contributed by atoms with E-state index < -0.39 is 12.1 Å². The Labute approximate surface area is 194 Å². The SMILES string of the molecule is CC(C)=CCCCCC[C@H]1CCC(=O)[C@@H]1CCCCC(=O)C(OCCO)C(=O)OC(C)C. The molecule has 0 aliphatic heterocycles. The Hall–Kier alpha value is -1.53. The smallest absolute Gasteiger partial charge is 0.343 e. The first-order valence-electron chi connectivity index (χ1n) is 12.4. The monoisotopic (exact) mass is 452 g/mol. The van der Waals surface area contributed by atoms with Gasteiger partial charge in [-0.05, 0) is 72.1 Å². The van der Waals surface area contributed by atoms with Crippen molar-refractivity contribution >= 4 is 17.5 Å². The highest BCUT2D eigenvalue weighted by atomic mass is 16.6. The van der Waals surface area contributed by atoms with E-state index in [2.05, 4.69) is 19.9 Å². The molecule has 0 saturated heterocycles. The van der Waals surface area contributed by atoms with Crippen molar-refractivity contribution in [2.45, 2.75) is 111 Å². The van der Waals surface area contributed by atoms with Gasteiger partial charge in [0, 0.05) is 18.8 Å². The molecular weight excluding hydrogens is 408 g/mol. The van der Waals surface area contributed by atoms with E-state index in [1.807, 2.05) is 0 Å². The molecule has 0 radical (unpaired) electrons. The average molecular weight is 453 g/mol. The largest absolute Gasteiger partial charge is 0.461 e. The van der Waals surface area contributed by atoms with Crippen LogP contribution < -0.4 is 0 Å². The van der Waals surface area contributed by atoms with E-state index in [0.717, 1.165) is 32.1 Å². The lowest BCUT2D eigenvalue weighted by Gasteiger charge is -2.19. The van der Waals surface area contributed by atoms with Gasteiger partial charge in [0.25, 0.3) is 0 Å². The van der Waals surface area contributed by atoms with Crippen LogP contribution in [0.2, 0.25) is 0 Å². The first kappa shape index (κ1) is 28.5. The molecule has 1 saturated carbocycles. The van der Waals surface area contributed by atoms with Gasteiger partial charge >= 0.3 is 5.97 Å². The molecule has 1 fully saturated rings. The fourth-order valence-corrected chi connectivity index (χ4v) is 4.39. The van der Waals surface area contributed by atoms with Crippen molar-refractivity contribution in [3.8, 4) is 0 Å². The molecule has 1 aliphatic carbocycles. The number of Topliss-reactive ketones (excluding diaryl/α,β-unsaturated/α-hetero) is 2. The molecule has 1 unspecified atom stereocenters. The number of allylic oxidation sites excluding steroid dienone is 2. The Morgan fingerprint density at radius 1 is 1.09 bits per heavy atom. The van der Waals surface area contributed by atoms with Gasteiger partial charge in [-0.1, -0.05) is 30.9 Å². The second-order valence-corrected chi connectivity index (χ2v) is 9.46. The number of carbonyl (C=O) groups excluding carboxylic acids is 3. The summed E-state index contributed by atoms with van der Waals surface area (Å²) in [6, 6.07) is 0. The molecule has 1 aliphatic rings. The summed E-state index contributed by atoms with van der Waals surface area (Å²) in [4.78, 5) is 37.0. The molecule has 32 heavy (non-hydrogen) atoms. The van der Waals surface area contributed by atoms with Crippen LogP contribution >= 0.6 is 0 Å². The van der Waals surface area contributed by atoms with Crippen LogP contribution in [0.4, 0.5) is 0 Å². The fraction of sp³-hybridized carbons (Fsp3) is 0.808. The lowest BCUT2D eigenvalue weighted by atomic mass is 9.86. The minimum absolute atomic E-state index is 0.0871. The maximum atomic E-state index is 12.5. The van der Waals surface area contributed by atoms with Crippen LogP contribution in [0.15, 0.2) is 11.6 Å². The Bertz CT molecular complexity index is 605. The third-order valence-corrected chi connectivity index (χ3v) is 6.00. The van der Waals surface area contributed by atoms with E-state index in [1.54, 1.807) is 13.8 Å². The van der Waals surface area contributed by atoms with Crippen LogP contribution in [0.3, 0.4) is 0 Å². The molecule has 0 heterocycles. The number of carbonyl (C=O) groups is 3. The highest BCUT2D eigenvalue weighted by Crippen LogP contribution is 2.36. The van der Waals surface area contributed by atoms with Crippen molar-refractivity contribution in [3.05, 3.63) is 11.6 Å². The molecule has 0 spiro atoms. The van der Waals surface area contributed by atoms with E-state index in [-0.39, 0.29) is 37.4 Å². The average Bonchev–Trinajstić information content (AvgIpc) is 3.07. The summed E-state index contributed by atoms with van der Waals surface area (Å²) in [6.45, 7) is 7.33. The molecule has 0 aromatic carbocycles. The third-order valence-electron chi connectivity index (χ3n) is 6.00. The quantitative estimate of drug-likeness (QED) is 0.145. The number of aliphatic hydroxyl groups is 1. The van der Waals surface area contributed by atoms with Crippen molar-refractivity contribution in [2.24, 2.45) is 11.8 Å². The van der Waals surface area contributed by atoms with Gasteiger partial charge in [0.05, 0.1) is 19.3 Å². The second kappa shape index (κ2) is 16.1. The maximum Gasteiger partial charge on any atom is 0.343 e. The van der Waals surface area contributed by atoms with Gasteiger partial charge in [0.15, 0.2) is 5.78 Å². The van der Waals surface area contributed by atoms with Crippen LogP contribution in [0.5, 0.6) is 0 Å². The number of hydrogen-bond acceptors (Lipinski definition) is 6. The van der Waals surface area contributed by atoms with Crippen molar-refractivity contribution in [3.63, 3.8) is 0 Å². The molecule has 184 valence electrons. The predicted octanol–water partition coefficient (Wildman–Crippen LogP) is 4.96. The summed E-state index contributed by atoms with van der Waals surface area (Å²) in [7, 11) is 0. The predicted molar refractivity (Wildman–Crippen MR) is 125 cm³/mol. The highest BCUT2D eigenvalue weighted by Gasteiger charge is 2.34. The van der Waals surface area contributed by atoms with Crippen LogP contribution in [0.25, 0.3) is 0 Å². The summed E-state index contributed by atoms with van der Waals surface area (Å²) < 4.78 is 10.3. The molecule has 6 nitrogen and oxygen atoms in total. The van der Waals surface area contributed by atoms with Crippen LogP contribution in [0, 0.1) is 11.8 Å². The number of hydrogen-bond donors (Lipinski definition) is 1. The van der Waals surface area contributed by atoms with Crippen LogP contribution in [0.1, 0.15) is 98.3 Å². The Balaban J connectivity index is 2.38. The summed E-state index contributed by atoms with van der Waals surface area (Å²) in [5.74, 6) is -0.0575. The van der Waals surface area contributed by atoms with Crippen molar-refractivity contribution in [2.75, 3.05) is 13.2 Å². The normalized spacial score (nSPS) is 19.2. The lowest BCUT2D eigenvalue weighted by Crippen LogP contribution is -2.36. The minimum Gasteiger partial charge on any atom is -0.461 e. The van der Waals surface area contributed by atoms with Gasteiger partial charge < -0.3 is 14.6 Å². The molecule has 0 amide bonds. The Morgan fingerprint density at radius 2 is 1.81 bits per heavy atom. The zero-order chi connectivity index (χ0) is 23.9. The number of rotatable bonds is 17. The number of ketones is 2. The van der Waals surface area contributed by atoms with Crippen LogP contribution in [-0.4, -0.2) is 48.1 Å². The second-order valence-electron chi connectivity index (χ2n) is 9.46. The molecule has 6 heteroatoms. The summed E-state index contributed by atoms with van der Waals surface area (Å²) in [6.07, 6.45) is 10.6. The molecule has 1 N–H and O–H groups in total. The number of aliphatic hydroxyl groups excluding tert-OH is 1. The standard InChI is InChI=1S/C26H44O6/c1-19(2)11-7-5-6-8-12-21-15-16-23(28)22(21)13-9-10-14-24(29)25(31-18-17-27)26(30)32-20(3)4/h11,20-22,25,27H,5-10,12-18H2,1-4H3/t21-,22+,25?/m0/s1. The highest BCUT2D eigenvalue weighted by molar-refractivity contribution is 6.02. The number of ether oxygens (including phenoxy) is 2. The van der Waals surface area contributed by atoms with E-state index in [4.69, 9.17) is 14.6 Å². The van der Waals surface area contributed by atoms with E-state index in [0.29, 0.717) is 24.5 Å². The van der Waals surface area contributed by atoms with E-state index in [9.17, 15) is 14.4 Å². The van der Waals surface area contributed by atoms with E-state index in [1.165, 1.54) is 24.8 Å². The first-order valence-corrected chi connectivity index (χ1v) is 12.4. The fourth-order valence-electron chi connectivity index (χ4n) is 4.39. The summed E-state index contributed by atoms with van der Waals surface area (Å²) >= 11 is 0. The molecule has 0 aromatic rings. The molecule has 0 bridgehead atoms. The van der Waals surface area contributed by atoms with Gasteiger partial charge in [-0.25, -0.2) is 4.79 Å². The Kier molecular flexibility index (Phi) is 14.4. The number of esters is 1. The third kappa shape index (κ3) is 11.4. The topological polar surface area (TPSA) is 89.9 Å². The molecule has 3 atom stereocenters. The van der Waals surface area contributed by atoms with E-state index >= 15 is 0 Å². The lowest BCUT2D eigenvalue weighted by molar-refractivity contribution is -0.165. The van der Waals surface area contributed by atoms with Gasteiger partial charge in [0.2, 0.25) is 6.10 Å². The molecule has 0 aromatic heterocycles. The zero-order valence-electron chi connectivity index (χ0n) is 20.6. The van der Waals surface area contributed by atoms with Gasteiger partial charge in [-0.15, -0.1) is 0 Å².